The van der Waals surface area contributed by atoms with E-state index in [0.29, 0.717) is 25.7 Å². The normalized spacial score (nSPS) is 29.1. The van der Waals surface area contributed by atoms with E-state index in [1.807, 2.05) is 0 Å². The largest absolute Gasteiger partial charge is 0.444 e. The van der Waals surface area contributed by atoms with Crippen molar-refractivity contribution >= 4 is 37.0 Å². The molecular weight excluding hydrogens is 493 g/mol. The highest BCUT2D eigenvalue weighted by atomic mass is 35.5. The van der Waals surface area contributed by atoms with E-state index >= 15 is 0 Å². The molecular formula is C22H44Cl2F2N4O4. The molecule has 2 aliphatic rings. The van der Waals surface area contributed by atoms with Gasteiger partial charge in [0.25, 0.3) is 0 Å². The number of carbonyl (C=O) groups excluding carboxylic acids is 2. The fourth-order valence-electron chi connectivity index (χ4n) is 3.53. The molecule has 2 amide bonds. The fraction of sp³-hybridized carbons (Fsp3) is 0.909. The molecule has 6 atom stereocenters. The summed E-state index contributed by atoms with van der Waals surface area (Å²) in [6.45, 7) is 10.6. The van der Waals surface area contributed by atoms with Gasteiger partial charge in [-0.1, -0.05) is 0 Å². The van der Waals surface area contributed by atoms with Crippen LogP contribution in [-0.2, 0) is 9.47 Å². The quantitative estimate of drug-likeness (QED) is 0.416. The Labute approximate surface area is 214 Å². The van der Waals surface area contributed by atoms with Crippen LogP contribution in [0.1, 0.15) is 80.1 Å². The molecule has 8 nitrogen and oxygen atoms in total. The van der Waals surface area contributed by atoms with Gasteiger partial charge in [0, 0.05) is 12.1 Å². The van der Waals surface area contributed by atoms with Crippen molar-refractivity contribution < 1.29 is 27.8 Å². The van der Waals surface area contributed by atoms with Gasteiger partial charge in [0.05, 0.1) is 12.1 Å². The number of carbonyl (C=O) groups is 2. The van der Waals surface area contributed by atoms with E-state index in [1.165, 1.54) is 0 Å². The Bertz CT molecular complexity index is 569. The first-order chi connectivity index (χ1) is 14.6. The van der Waals surface area contributed by atoms with Crippen LogP contribution >= 0.6 is 24.8 Å². The van der Waals surface area contributed by atoms with E-state index in [2.05, 4.69) is 10.6 Å². The van der Waals surface area contributed by atoms with Gasteiger partial charge >= 0.3 is 12.2 Å². The lowest BCUT2D eigenvalue weighted by Crippen LogP contribution is -2.49. The zero-order valence-electron chi connectivity index (χ0n) is 21.1. The number of hydrogen-bond donors (Lipinski definition) is 4. The molecule has 12 heteroatoms. The van der Waals surface area contributed by atoms with E-state index in [9.17, 15) is 18.4 Å². The smallest absolute Gasteiger partial charge is 0.407 e. The second-order valence-corrected chi connectivity index (χ2v) is 10.7. The molecule has 2 aliphatic carbocycles. The van der Waals surface area contributed by atoms with Gasteiger partial charge in [-0.25, -0.2) is 18.4 Å². The average Bonchev–Trinajstić information content (AvgIpc) is 2.57. The molecule has 2 rings (SSSR count). The van der Waals surface area contributed by atoms with E-state index in [0.717, 1.165) is 12.8 Å². The maximum atomic E-state index is 13.5. The van der Waals surface area contributed by atoms with Crippen molar-refractivity contribution in [3.05, 3.63) is 0 Å². The van der Waals surface area contributed by atoms with Crippen molar-refractivity contribution in [3.8, 4) is 0 Å². The third-order valence-electron chi connectivity index (χ3n) is 5.03. The van der Waals surface area contributed by atoms with E-state index in [-0.39, 0.29) is 36.9 Å². The minimum Gasteiger partial charge on any atom is -0.444 e. The Morgan fingerprint density at radius 1 is 0.706 bits per heavy atom. The third-order valence-corrected chi connectivity index (χ3v) is 5.03. The topological polar surface area (TPSA) is 129 Å². The van der Waals surface area contributed by atoms with Crippen LogP contribution in [0, 0.1) is 0 Å². The number of alkyl halides is 2. The van der Waals surface area contributed by atoms with E-state index < -0.39 is 47.8 Å². The number of nitrogens with two attached hydrogens (primary N) is 2. The van der Waals surface area contributed by atoms with Crippen LogP contribution < -0.4 is 22.1 Å². The number of hydrogen-bond acceptors (Lipinski definition) is 6. The molecule has 6 N–H and O–H groups in total. The van der Waals surface area contributed by atoms with Crippen LogP contribution in [0.25, 0.3) is 0 Å². The van der Waals surface area contributed by atoms with Crippen LogP contribution in [0.15, 0.2) is 0 Å². The number of ether oxygens (including phenoxy) is 2. The van der Waals surface area contributed by atoms with Gasteiger partial charge in [0.1, 0.15) is 23.5 Å². The second-order valence-electron chi connectivity index (χ2n) is 10.7. The van der Waals surface area contributed by atoms with E-state index in [4.69, 9.17) is 20.9 Å². The lowest BCUT2D eigenvalue weighted by molar-refractivity contribution is 0.0436. The van der Waals surface area contributed by atoms with Crippen molar-refractivity contribution in [3.63, 3.8) is 0 Å². The summed E-state index contributed by atoms with van der Waals surface area (Å²) >= 11 is 0. The van der Waals surface area contributed by atoms with Gasteiger partial charge in [0.2, 0.25) is 0 Å². The highest BCUT2D eigenvalue weighted by molar-refractivity contribution is 5.85. The maximum absolute atomic E-state index is 13.5. The first-order valence-corrected chi connectivity index (χ1v) is 11.3. The highest BCUT2D eigenvalue weighted by Gasteiger charge is 2.32. The Morgan fingerprint density at radius 2 is 1.00 bits per heavy atom. The van der Waals surface area contributed by atoms with Crippen molar-refractivity contribution in [1.82, 2.24) is 10.6 Å². The van der Waals surface area contributed by atoms with Crippen LogP contribution in [0.3, 0.4) is 0 Å². The molecule has 0 aliphatic heterocycles. The molecule has 0 aromatic rings. The number of halogens is 4. The molecule has 0 aromatic heterocycles. The Hall–Kier alpha value is -1.10. The molecule has 0 unspecified atom stereocenters. The molecule has 0 bridgehead atoms. The van der Waals surface area contributed by atoms with Gasteiger partial charge in [-0.3, -0.25) is 0 Å². The lowest BCUT2D eigenvalue weighted by atomic mass is 9.90. The molecule has 0 saturated heterocycles. The molecule has 2 saturated carbocycles. The summed E-state index contributed by atoms with van der Waals surface area (Å²) < 4.78 is 37.2. The molecule has 0 heterocycles. The Balaban J connectivity index is 0. The standard InChI is InChI=1S/2C11H21FN2O2.2ClH/c2*1-11(2,3)16-10(15)14-9-5-4-7(13)6-8(9)12;;/h2*7-9H,4-6,13H2,1-3H3,(H,14,15);2*1H/t2*7-,8+,9-;;/m10../s1. The highest BCUT2D eigenvalue weighted by Crippen LogP contribution is 2.22. The first kappa shape index (κ1) is 35.1. The minimum atomic E-state index is -1.07. The van der Waals surface area contributed by atoms with Crippen LogP contribution in [-0.4, -0.2) is 59.9 Å². The molecule has 0 spiro atoms. The van der Waals surface area contributed by atoms with Crippen molar-refractivity contribution in [2.45, 2.75) is 128 Å². The minimum absolute atomic E-state index is 0. The summed E-state index contributed by atoms with van der Waals surface area (Å²) in [5, 5.41) is 5.11. The van der Waals surface area contributed by atoms with Crippen molar-refractivity contribution in [1.29, 1.82) is 0 Å². The summed E-state index contributed by atoms with van der Waals surface area (Å²) in [5.74, 6) is 0. The van der Waals surface area contributed by atoms with Crippen LogP contribution in [0.5, 0.6) is 0 Å². The lowest BCUT2D eigenvalue weighted by Gasteiger charge is -2.31. The molecule has 34 heavy (non-hydrogen) atoms. The van der Waals surface area contributed by atoms with Gasteiger partial charge < -0.3 is 31.6 Å². The number of amides is 2. The Morgan fingerprint density at radius 3 is 1.24 bits per heavy atom. The number of rotatable bonds is 2. The summed E-state index contributed by atoms with van der Waals surface area (Å²) in [4.78, 5) is 22.8. The summed E-state index contributed by atoms with van der Waals surface area (Å²) in [7, 11) is 0. The third kappa shape index (κ3) is 15.0. The molecule has 204 valence electrons. The monoisotopic (exact) mass is 536 g/mol. The zero-order chi connectivity index (χ0) is 24.7. The van der Waals surface area contributed by atoms with Gasteiger partial charge in [0.15, 0.2) is 0 Å². The van der Waals surface area contributed by atoms with E-state index in [1.54, 1.807) is 41.5 Å². The fourth-order valence-corrected chi connectivity index (χ4v) is 3.53. The van der Waals surface area contributed by atoms with Gasteiger partial charge in [-0.05, 0) is 80.1 Å². The van der Waals surface area contributed by atoms with Crippen molar-refractivity contribution in [2.75, 3.05) is 0 Å². The predicted molar refractivity (Wildman–Crippen MR) is 134 cm³/mol. The average molecular weight is 538 g/mol. The maximum Gasteiger partial charge on any atom is 0.407 e. The Kier molecular flexibility index (Phi) is 15.6. The second kappa shape index (κ2) is 15.1. The molecule has 0 radical (unpaired) electrons. The summed E-state index contributed by atoms with van der Waals surface area (Å²) in [5.41, 5.74) is 10.2. The molecule has 2 fully saturated rings. The van der Waals surface area contributed by atoms with Gasteiger partial charge in [-0.15, -0.1) is 24.8 Å². The first-order valence-electron chi connectivity index (χ1n) is 11.3. The van der Waals surface area contributed by atoms with Gasteiger partial charge in [-0.2, -0.15) is 0 Å². The summed E-state index contributed by atoms with van der Waals surface area (Å²) in [6.07, 6.45) is -0.0370. The molecule has 0 aromatic carbocycles. The van der Waals surface area contributed by atoms with Crippen LogP contribution in [0.2, 0.25) is 0 Å². The van der Waals surface area contributed by atoms with Crippen LogP contribution in [0.4, 0.5) is 18.4 Å². The number of alkyl carbamates (subject to hydrolysis) is 2. The summed E-state index contributed by atoms with van der Waals surface area (Å²) in [6, 6.07) is -1.11. The predicted octanol–water partition coefficient (Wildman–Crippen LogP) is 4.30. The SMILES string of the molecule is CC(C)(C)OC(=O)N[C@@H]1CC[C@@H](N)C[C@@H]1F.CC(C)(C)OC(=O)N[C@H]1CC[C@H](N)C[C@H]1F.Cl.Cl. The van der Waals surface area contributed by atoms with Crippen molar-refractivity contribution in [2.24, 2.45) is 11.5 Å². The number of nitrogens with one attached hydrogen (secondary N) is 2. The zero-order valence-corrected chi connectivity index (χ0v) is 22.7.